The minimum Gasteiger partial charge on any atom is -0.302 e. The van der Waals surface area contributed by atoms with Crippen LogP contribution in [0.25, 0.3) is 0 Å². The largest absolute Gasteiger partial charge is 0.302 e. The third-order valence-electron chi connectivity index (χ3n) is 3.66. The Labute approximate surface area is 136 Å². The molecule has 2 rings (SSSR count). The summed E-state index contributed by atoms with van der Waals surface area (Å²) in [5.41, 5.74) is 2.41. The molecule has 0 saturated heterocycles. The summed E-state index contributed by atoms with van der Waals surface area (Å²) in [4.78, 5) is 5.86. The van der Waals surface area contributed by atoms with Crippen LogP contribution in [0.1, 0.15) is 54.0 Å². The van der Waals surface area contributed by atoms with E-state index in [-0.39, 0.29) is 0 Å². The molecule has 1 aromatic carbocycles. The molecule has 0 fully saturated rings. The number of aryl methyl sites for hydroxylation is 2. The fraction of sp³-hybridized carbons (Fsp3) is 0.471. The Morgan fingerprint density at radius 2 is 1.71 bits per heavy atom. The van der Waals surface area contributed by atoms with Gasteiger partial charge in [-0.05, 0) is 44.4 Å². The average Bonchev–Trinajstić information content (AvgIpc) is 2.76. The van der Waals surface area contributed by atoms with Gasteiger partial charge in [-0.3, -0.25) is 0 Å². The van der Waals surface area contributed by atoms with Crippen molar-refractivity contribution in [2.75, 3.05) is 0 Å². The van der Waals surface area contributed by atoms with E-state index in [2.05, 4.69) is 57.1 Å². The van der Waals surface area contributed by atoms with Crippen molar-refractivity contribution in [3.05, 3.63) is 50.4 Å². The summed E-state index contributed by atoms with van der Waals surface area (Å²) in [5, 5.41) is 5.66. The van der Waals surface area contributed by atoms with Crippen LogP contribution in [0, 0.1) is 19.8 Å². The van der Waals surface area contributed by atoms with E-state index in [4.69, 9.17) is 11.6 Å². The fourth-order valence-corrected chi connectivity index (χ4v) is 3.70. The Bertz CT molecular complexity index is 589. The van der Waals surface area contributed by atoms with E-state index in [9.17, 15) is 0 Å². The van der Waals surface area contributed by atoms with E-state index in [0.717, 1.165) is 15.7 Å². The molecule has 0 aliphatic heterocycles. The molecule has 1 heterocycles. The summed E-state index contributed by atoms with van der Waals surface area (Å²) < 4.78 is 0. The van der Waals surface area contributed by atoms with Gasteiger partial charge in [0, 0.05) is 22.0 Å². The van der Waals surface area contributed by atoms with Crippen LogP contribution in [0.3, 0.4) is 0 Å². The van der Waals surface area contributed by atoms with Gasteiger partial charge in [0.2, 0.25) is 0 Å². The van der Waals surface area contributed by atoms with Crippen LogP contribution in [0.15, 0.2) is 24.3 Å². The highest BCUT2D eigenvalue weighted by molar-refractivity contribution is 7.11. The number of aromatic nitrogens is 1. The van der Waals surface area contributed by atoms with Gasteiger partial charge in [-0.2, -0.15) is 0 Å². The highest BCUT2D eigenvalue weighted by Gasteiger charge is 2.21. The third kappa shape index (κ3) is 4.06. The molecule has 4 heteroatoms. The summed E-state index contributed by atoms with van der Waals surface area (Å²) in [5.74, 6) is 0.503. The SMILES string of the molecule is Cc1nc(C)c(C(C)NC(c2ccc(Cl)cc2)C(C)C)s1. The van der Waals surface area contributed by atoms with E-state index in [1.165, 1.54) is 10.4 Å². The molecule has 2 atom stereocenters. The normalized spacial score (nSPS) is 14.4. The quantitative estimate of drug-likeness (QED) is 0.790. The van der Waals surface area contributed by atoms with E-state index < -0.39 is 0 Å². The van der Waals surface area contributed by atoms with Gasteiger partial charge in [0.15, 0.2) is 0 Å². The summed E-state index contributed by atoms with van der Waals surface area (Å²) in [6.45, 7) is 10.8. The number of hydrogen-bond acceptors (Lipinski definition) is 3. The van der Waals surface area contributed by atoms with Gasteiger partial charge in [0.05, 0.1) is 10.7 Å². The molecule has 2 unspecified atom stereocenters. The first kappa shape index (κ1) is 16.5. The summed E-state index contributed by atoms with van der Waals surface area (Å²) >= 11 is 7.77. The minimum absolute atomic E-state index is 0.291. The molecule has 0 aliphatic rings. The highest BCUT2D eigenvalue weighted by atomic mass is 35.5. The maximum absolute atomic E-state index is 5.99. The topological polar surface area (TPSA) is 24.9 Å². The van der Waals surface area contributed by atoms with E-state index in [0.29, 0.717) is 18.0 Å². The molecule has 2 nitrogen and oxygen atoms in total. The van der Waals surface area contributed by atoms with Gasteiger partial charge in [-0.25, -0.2) is 4.98 Å². The van der Waals surface area contributed by atoms with E-state index >= 15 is 0 Å². The molecule has 0 radical (unpaired) electrons. The zero-order chi connectivity index (χ0) is 15.6. The maximum Gasteiger partial charge on any atom is 0.0900 e. The Morgan fingerprint density at radius 3 is 2.19 bits per heavy atom. The van der Waals surface area contributed by atoms with Crippen LogP contribution in [0.2, 0.25) is 5.02 Å². The maximum atomic E-state index is 5.99. The van der Waals surface area contributed by atoms with Crippen LogP contribution in [-0.2, 0) is 0 Å². The van der Waals surface area contributed by atoms with Crippen molar-refractivity contribution >= 4 is 22.9 Å². The lowest BCUT2D eigenvalue weighted by Crippen LogP contribution is -2.28. The third-order valence-corrected chi connectivity index (χ3v) is 5.17. The van der Waals surface area contributed by atoms with Crippen molar-refractivity contribution in [3.8, 4) is 0 Å². The van der Waals surface area contributed by atoms with Gasteiger partial charge in [-0.1, -0.05) is 37.6 Å². The first-order valence-corrected chi connectivity index (χ1v) is 8.53. The number of nitrogens with zero attached hydrogens (tertiary/aromatic N) is 1. The van der Waals surface area contributed by atoms with Gasteiger partial charge in [0.1, 0.15) is 0 Å². The fourth-order valence-electron chi connectivity index (χ4n) is 2.64. The Kier molecular flexibility index (Phi) is 5.42. The number of halogens is 1. The van der Waals surface area contributed by atoms with Crippen molar-refractivity contribution in [3.63, 3.8) is 0 Å². The molecule has 0 aliphatic carbocycles. The lowest BCUT2D eigenvalue weighted by molar-refractivity contribution is 0.376. The molecule has 21 heavy (non-hydrogen) atoms. The molecule has 0 amide bonds. The van der Waals surface area contributed by atoms with E-state index in [1.54, 1.807) is 11.3 Å². The van der Waals surface area contributed by atoms with Crippen molar-refractivity contribution in [2.24, 2.45) is 5.92 Å². The number of nitrogens with one attached hydrogen (secondary N) is 1. The monoisotopic (exact) mass is 322 g/mol. The van der Waals surface area contributed by atoms with Gasteiger partial charge in [-0.15, -0.1) is 11.3 Å². The van der Waals surface area contributed by atoms with Crippen LogP contribution < -0.4 is 5.32 Å². The Morgan fingerprint density at radius 1 is 1.10 bits per heavy atom. The van der Waals surface area contributed by atoms with Crippen LogP contribution >= 0.6 is 22.9 Å². The molecule has 0 bridgehead atoms. The molecule has 2 aromatic rings. The summed E-state index contributed by atoms with van der Waals surface area (Å²) in [6.07, 6.45) is 0. The Hall–Kier alpha value is -0.900. The zero-order valence-corrected chi connectivity index (χ0v) is 14.8. The average molecular weight is 323 g/mol. The molecular formula is C17H23ClN2S. The first-order chi connectivity index (χ1) is 9.88. The van der Waals surface area contributed by atoms with Gasteiger partial charge in [0.25, 0.3) is 0 Å². The second-order valence-electron chi connectivity index (χ2n) is 5.84. The predicted octanol–water partition coefficient (Wildman–Crippen LogP) is 5.46. The van der Waals surface area contributed by atoms with Crippen molar-refractivity contribution < 1.29 is 0 Å². The Balaban J connectivity index is 2.20. The molecular weight excluding hydrogens is 300 g/mol. The lowest BCUT2D eigenvalue weighted by Gasteiger charge is -2.27. The second-order valence-corrected chi connectivity index (χ2v) is 7.52. The van der Waals surface area contributed by atoms with Crippen molar-refractivity contribution in [2.45, 2.75) is 46.7 Å². The molecule has 114 valence electrons. The van der Waals surface area contributed by atoms with E-state index in [1.807, 2.05) is 12.1 Å². The molecule has 1 N–H and O–H groups in total. The lowest BCUT2D eigenvalue weighted by atomic mass is 9.95. The molecule has 0 spiro atoms. The summed E-state index contributed by atoms with van der Waals surface area (Å²) in [7, 11) is 0. The molecule has 1 aromatic heterocycles. The van der Waals surface area contributed by atoms with Crippen LogP contribution in [-0.4, -0.2) is 4.98 Å². The zero-order valence-electron chi connectivity index (χ0n) is 13.3. The number of thiazole rings is 1. The van der Waals surface area contributed by atoms with Gasteiger partial charge >= 0.3 is 0 Å². The number of benzene rings is 1. The second kappa shape index (κ2) is 6.91. The number of hydrogen-bond donors (Lipinski definition) is 1. The molecule has 0 saturated carbocycles. The van der Waals surface area contributed by atoms with Crippen molar-refractivity contribution in [1.29, 1.82) is 0 Å². The van der Waals surface area contributed by atoms with Crippen LogP contribution in [0.4, 0.5) is 0 Å². The highest BCUT2D eigenvalue weighted by Crippen LogP contribution is 2.30. The standard InChI is InChI=1S/C17H23ClN2S/c1-10(2)16(14-6-8-15(18)9-7-14)20-12(4)17-11(3)19-13(5)21-17/h6-10,12,16,20H,1-5H3. The summed E-state index contributed by atoms with van der Waals surface area (Å²) in [6, 6.07) is 8.73. The van der Waals surface area contributed by atoms with Crippen molar-refractivity contribution in [1.82, 2.24) is 10.3 Å². The van der Waals surface area contributed by atoms with Crippen LogP contribution in [0.5, 0.6) is 0 Å². The smallest absolute Gasteiger partial charge is 0.0900 e. The minimum atomic E-state index is 0.291. The first-order valence-electron chi connectivity index (χ1n) is 7.34. The van der Waals surface area contributed by atoms with Gasteiger partial charge < -0.3 is 5.32 Å². The predicted molar refractivity (Wildman–Crippen MR) is 92.2 cm³/mol. The number of rotatable bonds is 5.